The SMILES string of the molecule is CCCCCCCCC1=C([SiH](C)C)CC=C1C1=CC=CC1. The zero-order valence-corrected chi connectivity index (χ0v) is 15.4. The zero-order valence-electron chi connectivity index (χ0n) is 14.3. The highest BCUT2D eigenvalue weighted by Gasteiger charge is 2.22. The van der Waals surface area contributed by atoms with E-state index in [0.717, 1.165) is 6.42 Å². The van der Waals surface area contributed by atoms with Gasteiger partial charge < -0.3 is 0 Å². The monoisotopic (exact) mass is 300 g/mol. The molecule has 1 heteroatoms. The Bertz CT molecular complexity index is 460. The summed E-state index contributed by atoms with van der Waals surface area (Å²) in [6.45, 7) is 7.28. The van der Waals surface area contributed by atoms with Gasteiger partial charge in [0.2, 0.25) is 0 Å². The Kier molecular flexibility index (Phi) is 6.76. The van der Waals surface area contributed by atoms with E-state index in [9.17, 15) is 0 Å². The predicted molar refractivity (Wildman–Crippen MR) is 98.4 cm³/mol. The van der Waals surface area contributed by atoms with Gasteiger partial charge in [0, 0.05) is 0 Å². The third-order valence-electron chi connectivity index (χ3n) is 4.83. The van der Waals surface area contributed by atoms with E-state index in [1.54, 1.807) is 16.7 Å². The molecular weight excluding hydrogens is 268 g/mol. The van der Waals surface area contributed by atoms with Gasteiger partial charge in [-0.15, -0.1) is 0 Å². The summed E-state index contributed by atoms with van der Waals surface area (Å²) in [6, 6.07) is 0. The highest BCUT2D eigenvalue weighted by atomic mass is 28.3. The summed E-state index contributed by atoms with van der Waals surface area (Å²) in [5, 5.41) is 1.84. The Morgan fingerprint density at radius 2 is 1.76 bits per heavy atom. The van der Waals surface area contributed by atoms with Crippen LogP contribution in [0.25, 0.3) is 0 Å². The molecule has 0 atom stereocenters. The van der Waals surface area contributed by atoms with E-state index in [2.05, 4.69) is 44.3 Å². The summed E-state index contributed by atoms with van der Waals surface area (Å²) in [7, 11) is -0.652. The van der Waals surface area contributed by atoms with E-state index < -0.39 is 8.80 Å². The number of hydrogen-bond donors (Lipinski definition) is 0. The van der Waals surface area contributed by atoms with Gasteiger partial charge in [-0.3, -0.25) is 0 Å². The average molecular weight is 301 g/mol. The van der Waals surface area contributed by atoms with Crippen LogP contribution in [0.15, 0.2) is 46.2 Å². The third kappa shape index (κ3) is 4.57. The lowest BCUT2D eigenvalue weighted by molar-refractivity contribution is 0.607. The predicted octanol–water partition coefficient (Wildman–Crippen LogP) is 6.28. The molecule has 2 rings (SSSR count). The fourth-order valence-electron chi connectivity index (χ4n) is 3.56. The van der Waals surface area contributed by atoms with Crippen LogP contribution in [0.5, 0.6) is 0 Å². The molecule has 0 spiro atoms. The molecular formula is C20H32Si. The number of hydrogen-bond acceptors (Lipinski definition) is 0. The minimum atomic E-state index is -0.652. The van der Waals surface area contributed by atoms with Gasteiger partial charge in [-0.2, -0.15) is 0 Å². The molecule has 0 saturated carbocycles. The number of rotatable bonds is 9. The van der Waals surface area contributed by atoms with Crippen molar-refractivity contribution < 1.29 is 0 Å². The van der Waals surface area contributed by atoms with Crippen LogP contribution in [0, 0.1) is 0 Å². The van der Waals surface area contributed by atoms with Crippen molar-refractivity contribution in [2.24, 2.45) is 0 Å². The molecule has 0 aromatic heterocycles. The number of allylic oxidation sites excluding steroid dienone is 8. The minimum absolute atomic E-state index is 0.652. The molecule has 0 aromatic carbocycles. The average Bonchev–Trinajstić information content (AvgIpc) is 3.11. The van der Waals surface area contributed by atoms with Crippen molar-refractivity contribution >= 4 is 8.80 Å². The van der Waals surface area contributed by atoms with Gasteiger partial charge in [-0.05, 0) is 42.4 Å². The van der Waals surface area contributed by atoms with E-state index in [0.29, 0.717) is 0 Å². The molecule has 116 valence electrons. The van der Waals surface area contributed by atoms with Crippen molar-refractivity contribution in [3.05, 3.63) is 46.2 Å². The summed E-state index contributed by atoms with van der Waals surface area (Å²) in [5.74, 6) is 0. The Balaban J connectivity index is 1.91. The fraction of sp³-hybridized carbons (Fsp3) is 0.600. The second-order valence-corrected chi connectivity index (χ2v) is 9.83. The first kappa shape index (κ1) is 16.5. The van der Waals surface area contributed by atoms with Crippen LogP contribution in [-0.2, 0) is 0 Å². The second-order valence-electron chi connectivity index (χ2n) is 6.82. The molecule has 21 heavy (non-hydrogen) atoms. The lowest BCUT2D eigenvalue weighted by atomic mass is 9.95. The van der Waals surface area contributed by atoms with E-state index in [4.69, 9.17) is 0 Å². The van der Waals surface area contributed by atoms with E-state index in [1.165, 1.54) is 51.4 Å². The van der Waals surface area contributed by atoms with Gasteiger partial charge in [-0.1, -0.05) is 81.6 Å². The summed E-state index contributed by atoms with van der Waals surface area (Å²) in [4.78, 5) is 0. The van der Waals surface area contributed by atoms with Crippen molar-refractivity contribution in [2.75, 3.05) is 0 Å². The maximum atomic E-state index is 2.52. The van der Waals surface area contributed by atoms with Gasteiger partial charge in [0.25, 0.3) is 0 Å². The van der Waals surface area contributed by atoms with E-state index in [1.807, 2.05) is 5.20 Å². The molecule has 0 aliphatic heterocycles. The molecule has 0 amide bonds. The maximum Gasteiger partial charge on any atom is 0.0603 e. The quantitative estimate of drug-likeness (QED) is 0.347. The summed E-state index contributed by atoms with van der Waals surface area (Å²) >= 11 is 0. The highest BCUT2D eigenvalue weighted by Crippen LogP contribution is 2.38. The smallest absolute Gasteiger partial charge is 0.0603 e. The summed E-state index contributed by atoms with van der Waals surface area (Å²) < 4.78 is 0. The first-order chi connectivity index (χ1) is 10.2. The Morgan fingerprint density at radius 1 is 1.00 bits per heavy atom. The topological polar surface area (TPSA) is 0 Å². The van der Waals surface area contributed by atoms with Gasteiger partial charge in [-0.25, -0.2) is 0 Å². The fourth-order valence-corrected chi connectivity index (χ4v) is 5.15. The minimum Gasteiger partial charge on any atom is -0.0801 e. The first-order valence-corrected chi connectivity index (χ1v) is 11.9. The molecule has 0 unspecified atom stereocenters. The summed E-state index contributed by atoms with van der Waals surface area (Å²) in [5.41, 5.74) is 4.94. The lowest BCUT2D eigenvalue weighted by Crippen LogP contribution is -2.07. The molecule has 0 N–H and O–H groups in total. The molecule has 0 saturated heterocycles. The Morgan fingerprint density at radius 3 is 2.43 bits per heavy atom. The van der Waals surface area contributed by atoms with Crippen molar-refractivity contribution in [1.29, 1.82) is 0 Å². The molecule has 0 bridgehead atoms. The van der Waals surface area contributed by atoms with Crippen molar-refractivity contribution in [1.82, 2.24) is 0 Å². The number of unbranched alkanes of at least 4 members (excludes halogenated alkanes) is 5. The van der Waals surface area contributed by atoms with Gasteiger partial charge in [0.05, 0.1) is 8.80 Å². The van der Waals surface area contributed by atoms with Crippen LogP contribution in [0.1, 0.15) is 64.7 Å². The van der Waals surface area contributed by atoms with Crippen LogP contribution in [0.2, 0.25) is 13.1 Å². The Labute approximate surface area is 133 Å². The molecule has 0 nitrogen and oxygen atoms in total. The van der Waals surface area contributed by atoms with Gasteiger partial charge >= 0.3 is 0 Å². The Hall–Kier alpha value is -0.823. The van der Waals surface area contributed by atoms with Gasteiger partial charge in [0.1, 0.15) is 0 Å². The standard InChI is InChI=1S/C20H32Si/c1-4-5-6-7-8-9-14-19-18(17-12-10-11-13-17)15-16-20(19)21(2)3/h10-12,15,21H,4-9,13-14,16H2,1-3H3. The van der Waals surface area contributed by atoms with Crippen LogP contribution in [0.4, 0.5) is 0 Å². The molecule has 0 heterocycles. The largest absolute Gasteiger partial charge is 0.0801 e. The lowest BCUT2D eigenvalue weighted by Gasteiger charge is -2.15. The second kappa shape index (κ2) is 8.58. The molecule has 0 radical (unpaired) electrons. The highest BCUT2D eigenvalue weighted by molar-refractivity contribution is 6.64. The van der Waals surface area contributed by atoms with Crippen LogP contribution in [-0.4, -0.2) is 8.80 Å². The van der Waals surface area contributed by atoms with Gasteiger partial charge in [0.15, 0.2) is 0 Å². The normalized spacial score (nSPS) is 17.9. The summed E-state index contributed by atoms with van der Waals surface area (Å²) in [6.07, 6.45) is 21.5. The van der Waals surface area contributed by atoms with Crippen LogP contribution >= 0.6 is 0 Å². The molecule has 2 aliphatic rings. The molecule has 2 aliphatic carbocycles. The third-order valence-corrected chi connectivity index (χ3v) is 6.81. The van der Waals surface area contributed by atoms with Crippen molar-refractivity contribution in [2.45, 2.75) is 77.8 Å². The van der Waals surface area contributed by atoms with Crippen molar-refractivity contribution in [3.8, 4) is 0 Å². The van der Waals surface area contributed by atoms with Crippen molar-refractivity contribution in [3.63, 3.8) is 0 Å². The molecule has 0 fully saturated rings. The van der Waals surface area contributed by atoms with Crippen LogP contribution < -0.4 is 0 Å². The zero-order chi connectivity index (χ0) is 15.1. The first-order valence-electron chi connectivity index (χ1n) is 9.02. The van der Waals surface area contributed by atoms with E-state index in [-0.39, 0.29) is 0 Å². The molecule has 0 aromatic rings. The van der Waals surface area contributed by atoms with Crippen LogP contribution in [0.3, 0.4) is 0 Å². The maximum absolute atomic E-state index is 2.52. The van der Waals surface area contributed by atoms with E-state index >= 15 is 0 Å².